The van der Waals surface area contributed by atoms with E-state index in [1.54, 1.807) is 24.3 Å². The molecular formula is C16H17N3O2S. The van der Waals surface area contributed by atoms with Gasteiger partial charge in [-0.1, -0.05) is 18.2 Å². The zero-order chi connectivity index (χ0) is 15.9. The minimum Gasteiger partial charge on any atom is -0.351 e. The monoisotopic (exact) mass is 315 g/mol. The number of urea groups is 1. The number of thioether (sulfide) groups is 1. The van der Waals surface area contributed by atoms with E-state index in [2.05, 4.69) is 10.6 Å². The Labute approximate surface area is 133 Å². The molecule has 1 atom stereocenters. The maximum absolute atomic E-state index is 12.2. The molecule has 0 saturated heterocycles. The Morgan fingerprint density at radius 1 is 0.955 bits per heavy atom. The van der Waals surface area contributed by atoms with Crippen LogP contribution in [0.1, 0.15) is 6.92 Å². The fourth-order valence-corrected chi connectivity index (χ4v) is 2.67. The highest BCUT2D eigenvalue weighted by atomic mass is 32.2. The summed E-state index contributed by atoms with van der Waals surface area (Å²) in [6.45, 7) is 1.86. The van der Waals surface area contributed by atoms with Gasteiger partial charge in [0.25, 0.3) is 0 Å². The molecule has 4 N–H and O–H groups in total. The van der Waals surface area contributed by atoms with Crippen LogP contribution in [0.15, 0.2) is 59.5 Å². The number of nitrogens with two attached hydrogens (primary N) is 1. The van der Waals surface area contributed by atoms with Gasteiger partial charge in [0, 0.05) is 16.3 Å². The summed E-state index contributed by atoms with van der Waals surface area (Å²) in [5.41, 5.74) is 6.28. The van der Waals surface area contributed by atoms with Crippen LogP contribution in [-0.4, -0.2) is 17.2 Å². The van der Waals surface area contributed by atoms with Gasteiger partial charge < -0.3 is 16.4 Å². The first-order chi connectivity index (χ1) is 10.5. The quantitative estimate of drug-likeness (QED) is 0.740. The van der Waals surface area contributed by atoms with Crippen LogP contribution in [0.4, 0.5) is 16.2 Å². The molecule has 0 fully saturated rings. The highest BCUT2D eigenvalue weighted by Crippen LogP contribution is 2.24. The Hall–Kier alpha value is -2.47. The second-order valence-corrected chi connectivity index (χ2v) is 6.04. The van der Waals surface area contributed by atoms with Gasteiger partial charge in [-0.05, 0) is 43.3 Å². The van der Waals surface area contributed by atoms with Crippen LogP contribution in [0, 0.1) is 0 Å². The van der Waals surface area contributed by atoms with Gasteiger partial charge >= 0.3 is 6.03 Å². The van der Waals surface area contributed by atoms with Crippen LogP contribution in [0.25, 0.3) is 0 Å². The first kappa shape index (κ1) is 15.9. The zero-order valence-corrected chi connectivity index (χ0v) is 12.9. The summed E-state index contributed by atoms with van der Waals surface area (Å²) >= 11 is 1.50. The molecule has 22 heavy (non-hydrogen) atoms. The second kappa shape index (κ2) is 7.51. The first-order valence-corrected chi connectivity index (χ1v) is 7.61. The molecule has 0 aromatic heterocycles. The van der Waals surface area contributed by atoms with E-state index in [0.717, 1.165) is 4.90 Å². The fourth-order valence-electron chi connectivity index (χ4n) is 1.78. The van der Waals surface area contributed by atoms with Crippen LogP contribution in [-0.2, 0) is 4.79 Å². The molecule has 114 valence electrons. The lowest BCUT2D eigenvalue weighted by atomic mass is 10.2. The van der Waals surface area contributed by atoms with E-state index in [1.165, 1.54) is 11.8 Å². The lowest BCUT2D eigenvalue weighted by molar-refractivity contribution is -0.115. The van der Waals surface area contributed by atoms with Gasteiger partial charge in [-0.2, -0.15) is 0 Å². The molecular weight excluding hydrogens is 298 g/mol. The molecule has 2 aromatic carbocycles. The number of primary amides is 1. The molecule has 2 rings (SSSR count). The predicted octanol–water partition coefficient (Wildman–Crippen LogP) is 3.30. The smallest absolute Gasteiger partial charge is 0.316 e. The summed E-state index contributed by atoms with van der Waals surface area (Å²) in [5, 5.41) is 5.08. The molecule has 2 aromatic rings. The van der Waals surface area contributed by atoms with Crippen molar-refractivity contribution in [2.24, 2.45) is 5.73 Å². The van der Waals surface area contributed by atoms with Crippen LogP contribution in [0.5, 0.6) is 0 Å². The number of anilines is 2. The third-order valence-corrected chi connectivity index (χ3v) is 3.96. The number of hydrogen-bond donors (Lipinski definition) is 3. The number of carbonyl (C=O) groups excluding carboxylic acids is 2. The first-order valence-electron chi connectivity index (χ1n) is 6.73. The van der Waals surface area contributed by atoms with Crippen LogP contribution < -0.4 is 16.4 Å². The normalized spacial score (nSPS) is 11.5. The fraction of sp³-hybridized carbons (Fsp3) is 0.125. The van der Waals surface area contributed by atoms with Crippen LogP contribution in [0.2, 0.25) is 0 Å². The lowest BCUT2D eigenvalue weighted by Crippen LogP contribution is -2.22. The van der Waals surface area contributed by atoms with Gasteiger partial charge in [-0.25, -0.2) is 4.79 Å². The summed E-state index contributed by atoms with van der Waals surface area (Å²) in [7, 11) is 0. The van der Waals surface area contributed by atoms with E-state index in [-0.39, 0.29) is 11.2 Å². The van der Waals surface area contributed by atoms with Crippen molar-refractivity contribution in [3.05, 3.63) is 54.6 Å². The van der Waals surface area contributed by atoms with Gasteiger partial charge in [-0.15, -0.1) is 11.8 Å². The van der Waals surface area contributed by atoms with E-state index >= 15 is 0 Å². The molecule has 0 heterocycles. The molecule has 0 spiro atoms. The summed E-state index contributed by atoms with van der Waals surface area (Å²) < 4.78 is 0. The maximum Gasteiger partial charge on any atom is 0.316 e. The van der Waals surface area contributed by atoms with Crippen molar-refractivity contribution < 1.29 is 9.59 Å². The summed E-state index contributed by atoms with van der Waals surface area (Å²) in [5.74, 6) is -0.0792. The second-order valence-electron chi connectivity index (χ2n) is 4.63. The average Bonchev–Trinajstić information content (AvgIpc) is 2.49. The minimum atomic E-state index is -0.621. The molecule has 0 aliphatic rings. The van der Waals surface area contributed by atoms with Crippen molar-refractivity contribution in [3.63, 3.8) is 0 Å². The highest BCUT2D eigenvalue weighted by Gasteiger charge is 2.14. The number of carbonyl (C=O) groups is 2. The number of nitrogens with one attached hydrogen (secondary N) is 2. The molecule has 6 heteroatoms. The van der Waals surface area contributed by atoms with Crippen molar-refractivity contribution in [1.82, 2.24) is 0 Å². The molecule has 3 amide bonds. The predicted molar refractivity (Wildman–Crippen MR) is 90.0 cm³/mol. The van der Waals surface area contributed by atoms with Gasteiger partial charge in [0.05, 0.1) is 5.25 Å². The molecule has 0 saturated carbocycles. The summed E-state index contributed by atoms with van der Waals surface area (Å²) in [6.07, 6.45) is 0. The molecule has 5 nitrogen and oxygen atoms in total. The van der Waals surface area contributed by atoms with Crippen LogP contribution in [0.3, 0.4) is 0 Å². The van der Waals surface area contributed by atoms with E-state index in [9.17, 15) is 9.59 Å². The molecule has 0 radical (unpaired) electrons. The number of amides is 3. The topological polar surface area (TPSA) is 84.2 Å². The Morgan fingerprint density at radius 3 is 2.05 bits per heavy atom. The van der Waals surface area contributed by atoms with Gasteiger partial charge in [-0.3, -0.25) is 4.79 Å². The molecule has 0 aliphatic heterocycles. The van der Waals surface area contributed by atoms with Gasteiger partial charge in [0.1, 0.15) is 0 Å². The third-order valence-electron chi connectivity index (χ3n) is 2.85. The highest BCUT2D eigenvalue weighted by molar-refractivity contribution is 8.00. The van der Waals surface area contributed by atoms with E-state index in [0.29, 0.717) is 11.4 Å². The lowest BCUT2D eigenvalue weighted by Gasteiger charge is -2.12. The minimum absolute atomic E-state index is 0.0792. The van der Waals surface area contributed by atoms with Crippen molar-refractivity contribution in [2.75, 3.05) is 10.6 Å². The van der Waals surface area contributed by atoms with E-state index in [1.807, 2.05) is 37.3 Å². The van der Waals surface area contributed by atoms with Crippen molar-refractivity contribution in [1.29, 1.82) is 0 Å². The number of hydrogen-bond acceptors (Lipinski definition) is 3. The zero-order valence-electron chi connectivity index (χ0n) is 12.1. The van der Waals surface area contributed by atoms with E-state index < -0.39 is 6.03 Å². The summed E-state index contributed by atoms with van der Waals surface area (Å²) in [4.78, 5) is 23.9. The number of benzene rings is 2. The Balaban J connectivity index is 1.92. The number of rotatable bonds is 5. The van der Waals surface area contributed by atoms with Gasteiger partial charge in [0.15, 0.2) is 0 Å². The van der Waals surface area contributed by atoms with Crippen LogP contribution >= 0.6 is 11.8 Å². The Kier molecular flexibility index (Phi) is 5.43. The third kappa shape index (κ3) is 4.82. The Bertz CT molecular complexity index is 644. The van der Waals surface area contributed by atoms with Crippen molar-refractivity contribution in [2.45, 2.75) is 17.1 Å². The van der Waals surface area contributed by atoms with Crippen molar-refractivity contribution >= 4 is 35.1 Å². The summed E-state index contributed by atoms with van der Waals surface area (Å²) in [6, 6.07) is 15.9. The SMILES string of the molecule is C[C@@H](Sc1ccccc1)C(=O)Nc1ccc(NC(N)=O)cc1. The average molecular weight is 315 g/mol. The Morgan fingerprint density at radius 2 is 1.50 bits per heavy atom. The van der Waals surface area contributed by atoms with E-state index in [4.69, 9.17) is 5.73 Å². The largest absolute Gasteiger partial charge is 0.351 e. The standard InChI is InChI=1S/C16H17N3O2S/c1-11(22-14-5-3-2-4-6-14)15(20)18-12-7-9-13(10-8-12)19-16(17)21/h2-11H,1H3,(H,18,20)(H3,17,19,21)/t11-/m1/s1. The molecule has 0 aliphatic carbocycles. The molecule has 0 bridgehead atoms. The maximum atomic E-state index is 12.2. The van der Waals surface area contributed by atoms with Gasteiger partial charge in [0.2, 0.25) is 5.91 Å². The van der Waals surface area contributed by atoms with Crippen molar-refractivity contribution in [3.8, 4) is 0 Å². The molecule has 0 unspecified atom stereocenters.